The first-order chi connectivity index (χ1) is 12.7. The monoisotopic (exact) mass is 402 g/mol. The molecule has 2 aliphatic rings. The number of nitro groups is 1. The van der Waals surface area contributed by atoms with Gasteiger partial charge in [0.2, 0.25) is 0 Å². The Morgan fingerprint density at radius 1 is 1.19 bits per heavy atom. The van der Waals surface area contributed by atoms with Crippen LogP contribution >= 0.6 is 7.67 Å². The molecule has 1 aromatic heterocycles. The maximum absolute atomic E-state index is 13.8. The van der Waals surface area contributed by atoms with Crippen molar-refractivity contribution < 1.29 is 27.2 Å². The second-order valence-electron chi connectivity index (χ2n) is 6.26. The van der Waals surface area contributed by atoms with Gasteiger partial charge in [0.25, 0.3) is 5.69 Å². The van der Waals surface area contributed by atoms with Gasteiger partial charge in [0, 0.05) is 44.0 Å². The largest absolute Gasteiger partial charge is 0.419 e. The summed E-state index contributed by atoms with van der Waals surface area (Å²) in [6, 6.07) is 4.69. The van der Waals surface area contributed by atoms with Gasteiger partial charge in [-0.2, -0.15) is 13.2 Å². The summed E-state index contributed by atoms with van der Waals surface area (Å²) in [7, 11) is -3.78. The normalized spacial score (nSPS) is 19.2. The third-order valence-corrected chi connectivity index (χ3v) is 7.07. The molecule has 0 N–H and O–H groups in total. The third kappa shape index (κ3) is 3.31. The van der Waals surface area contributed by atoms with Crippen molar-refractivity contribution in [1.82, 2.24) is 14.3 Å². The summed E-state index contributed by atoms with van der Waals surface area (Å²) in [4.78, 5) is 14.4. The molecule has 144 valence electrons. The van der Waals surface area contributed by atoms with E-state index in [1.165, 1.54) is 27.7 Å². The molecule has 2 saturated heterocycles. The van der Waals surface area contributed by atoms with E-state index in [2.05, 4.69) is 4.98 Å². The Kier molecular flexibility index (Phi) is 4.22. The van der Waals surface area contributed by atoms with Gasteiger partial charge in [0.15, 0.2) is 6.10 Å². The van der Waals surface area contributed by atoms with Crippen LogP contribution in [0.15, 0.2) is 30.5 Å². The van der Waals surface area contributed by atoms with E-state index in [9.17, 15) is 27.9 Å². The van der Waals surface area contributed by atoms with Crippen molar-refractivity contribution in [2.45, 2.75) is 12.3 Å². The maximum Gasteiger partial charge on any atom is 0.419 e. The number of hydrogen-bond acceptors (Lipinski definition) is 5. The summed E-state index contributed by atoms with van der Waals surface area (Å²) in [6.45, 7) is 1.60. The van der Waals surface area contributed by atoms with E-state index in [1.807, 2.05) is 0 Å². The fourth-order valence-corrected chi connectivity index (χ4v) is 5.21. The molecular formula is C15H14F3N4O4P. The topological polar surface area (TPSA) is 88.4 Å². The molecule has 2 aromatic rings. The van der Waals surface area contributed by atoms with E-state index >= 15 is 0 Å². The molecule has 0 spiro atoms. The highest BCUT2D eigenvalue weighted by Crippen LogP contribution is 2.65. The van der Waals surface area contributed by atoms with Crippen LogP contribution in [0.25, 0.3) is 10.9 Å². The van der Waals surface area contributed by atoms with Gasteiger partial charge in [-0.25, -0.2) is 9.34 Å². The standard InChI is InChI=1S/C15H14F3N4O4P/c16-15(17,18)14(26-27(25,20-6-7-20)21-8-9-21)11-3-4-12(22(23)24)10-2-1-5-19-13(10)11/h1-5,14H,6-9H2. The van der Waals surface area contributed by atoms with E-state index in [-0.39, 0.29) is 16.6 Å². The van der Waals surface area contributed by atoms with Crippen molar-refractivity contribution in [3.05, 3.63) is 46.1 Å². The number of benzene rings is 1. The van der Waals surface area contributed by atoms with Crippen LogP contribution in [0.5, 0.6) is 0 Å². The van der Waals surface area contributed by atoms with Gasteiger partial charge in [-0.1, -0.05) is 0 Å². The minimum absolute atomic E-state index is 0.0360. The molecule has 0 aliphatic carbocycles. The molecule has 2 aliphatic heterocycles. The van der Waals surface area contributed by atoms with Gasteiger partial charge in [0.05, 0.1) is 15.8 Å². The Bertz CT molecular complexity index is 946. The number of aromatic nitrogens is 1. The van der Waals surface area contributed by atoms with Crippen LogP contribution in [-0.2, 0) is 9.09 Å². The Balaban J connectivity index is 1.83. The first-order valence-corrected chi connectivity index (χ1v) is 9.63. The first kappa shape index (κ1) is 18.3. The quantitative estimate of drug-likeness (QED) is 0.316. The summed E-state index contributed by atoms with van der Waals surface area (Å²) >= 11 is 0. The second-order valence-corrected chi connectivity index (χ2v) is 8.58. The predicted octanol–water partition coefficient (Wildman–Crippen LogP) is 3.50. The highest BCUT2D eigenvalue weighted by atomic mass is 31.2. The zero-order chi connectivity index (χ0) is 19.4. The Morgan fingerprint density at radius 2 is 1.81 bits per heavy atom. The summed E-state index contributed by atoms with van der Waals surface area (Å²) < 4.78 is 62.6. The highest BCUT2D eigenvalue weighted by molar-refractivity contribution is 7.54. The summed E-state index contributed by atoms with van der Waals surface area (Å²) in [5, 5.41) is 11.1. The molecule has 1 unspecified atom stereocenters. The molecule has 0 amide bonds. The van der Waals surface area contributed by atoms with Gasteiger partial charge in [0.1, 0.15) is 0 Å². The molecule has 0 saturated carbocycles. The van der Waals surface area contributed by atoms with Gasteiger partial charge in [-0.05, 0) is 18.2 Å². The molecule has 27 heavy (non-hydrogen) atoms. The van der Waals surface area contributed by atoms with Crippen LogP contribution < -0.4 is 0 Å². The van der Waals surface area contributed by atoms with Gasteiger partial charge in [-0.3, -0.25) is 24.2 Å². The van der Waals surface area contributed by atoms with E-state index < -0.39 is 30.4 Å². The lowest BCUT2D eigenvalue weighted by atomic mass is 10.0. The molecule has 1 aromatic carbocycles. The second kappa shape index (κ2) is 6.23. The maximum atomic E-state index is 13.8. The molecular weight excluding hydrogens is 388 g/mol. The van der Waals surface area contributed by atoms with Gasteiger partial charge < -0.3 is 0 Å². The Labute approximate surface area is 151 Å². The van der Waals surface area contributed by atoms with Crippen molar-refractivity contribution >= 4 is 24.3 Å². The molecule has 12 heteroatoms. The molecule has 4 rings (SSSR count). The molecule has 8 nitrogen and oxygen atoms in total. The lowest BCUT2D eigenvalue weighted by Crippen LogP contribution is -2.25. The lowest BCUT2D eigenvalue weighted by molar-refractivity contribution is -0.383. The lowest BCUT2D eigenvalue weighted by Gasteiger charge is -2.28. The van der Waals surface area contributed by atoms with Crippen LogP contribution in [0.4, 0.5) is 18.9 Å². The Morgan fingerprint density at radius 3 is 2.33 bits per heavy atom. The van der Waals surface area contributed by atoms with Crippen molar-refractivity contribution in [3.8, 4) is 0 Å². The van der Waals surface area contributed by atoms with Crippen LogP contribution in [0.3, 0.4) is 0 Å². The van der Waals surface area contributed by atoms with E-state index in [0.717, 1.165) is 12.1 Å². The number of nitro benzene ring substituents is 1. The first-order valence-electron chi connectivity index (χ1n) is 8.10. The number of alkyl halides is 3. The number of fused-ring (bicyclic) bond motifs is 1. The third-order valence-electron chi connectivity index (χ3n) is 4.36. The number of nitrogens with zero attached hydrogens (tertiary/aromatic N) is 4. The molecule has 0 radical (unpaired) electrons. The number of hydrogen-bond donors (Lipinski definition) is 0. The molecule has 2 fully saturated rings. The molecule has 0 bridgehead atoms. The number of pyridine rings is 1. The minimum atomic E-state index is -4.87. The molecule has 1 atom stereocenters. The predicted molar refractivity (Wildman–Crippen MR) is 89.0 cm³/mol. The van der Waals surface area contributed by atoms with Crippen molar-refractivity contribution in [2.75, 3.05) is 26.2 Å². The highest BCUT2D eigenvalue weighted by Gasteiger charge is 2.55. The fourth-order valence-electron chi connectivity index (χ4n) is 2.89. The number of non-ortho nitro benzene ring substituents is 1. The van der Waals surface area contributed by atoms with Crippen molar-refractivity contribution in [3.63, 3.8) is 0 Å². The SMILES string of the molecule is O=[N+]([O-])c1ccc(C(OP(=O)(N2CC2)N2CC2)C(F)(F)F)c2ncccc12. The molecule has 3 heterocycles. The van der Waals surface area contributed by atoms with Crippen molar-refractivity contribution in [2.24, 2.45) is 0 Å². The van der Waals surface area contributed by atoms with Crippen LogP contribution in [0.2, 0.25) is 0 Å². The van der Waals surface area contributed by atoms with Gasteiger partial charge in [-0.15, -0.1) is 0 Å². The average molecular weight is 402 g/mol. The van der Waals surface area contributed by atoms with E-state index in [1.54, 1.807) is 0 Å². The van der Waals surface area contributed by atoms with Crippen LogP contribution in [-0.4, -0.2) is 51.6 Å². The number of rotatable bonds is 6. The number of halogens is 3. The van der Waals surface area contributed by atoms with E-state index in [0.29, 0.717) is 26.2 Å². The summed E-state index contributed by atoms with van der Waals surface area (Å²) in [5.41, 5.74) is -0.951. The van der Waals surface area contributed by atoms with Crippen LogP contribution in [0, 0.1) is 10.1 Å². The summed E-state index contributed by atoms with van der Waals surface area (Å²) in [5.74, 6) is 0. The zero-order valence-electron chi connectivity index (χ0n) is 13.8. The zero-order valence-corrected chi connectivity index (χ0v) is 14.7. The van der Waals surface area contributed by atoms with Crippen molar-refractivity contribution in [1.29, 1.82) is 0 Å². The average Bonchev–Trinajstić information content (AvgIpc) is 3.48. The van der Waals surface area contributed by atoms with Gasteiger partial charge >= 0.3 is 13.8 Å². The Hall–Kier alpha value is -2.07. The van der Waals surface area contributed by atoms with E-state index in [4.69, 9.17) is 4.52 Å². The minimum Gasteiger partial charge on any atom is -0.288 e. The van der Waals surface area contributed by atoms with Crippen LogP contribution in [0.1, 0.15) is 11.7 Å². The summed E-state index contributed by atoms with van der Waals surface area (Å²) in [6.07, 6.45) is -6.14. The smallest absolute Gasteiger partial charge is 0.288 e. The fraction of sp³-hybridized carbons (Fsp3) is 0.400.